The van der Waals surface area contributed by atoms with Gasteiger partial charge in [-0.1, -0.05) is 19.0 Å². The minimum absolute atomic E-state index is 0.263. The Morgan fingerprint density at radius 2 is 1.89 bits per heavy atom. The molecule has 6 heteroatoms. The fourth-order valence-electron chi connectivity index (χ4n) is 5.45. The number of aromatic nitrogens is 1. The molecule has 1 aromatic rings. The predicted molar refractivity (Wildman–Crippen MR) is 102 cm³/mol. The van der Waals surface area contributed by atoms with Gasteiger partial charge in [-0.2, -0.15) is 0 Å². The lowest BCUT2D eigenvalue weighted by Gasteiger charge is -2.35. The molecule has 6 nitrogen and oxygen atoms in total. The van der Waals surface area contributed by atoms with Crippen LogP contribution in [0.1, 0.15) is 93.6 Å². The van der Waals surface area contributed by atoms with E-state index in [0.29, 0.717) is 30.6 Å². The maximum atomic E-state index is 12.0. The zero-order valence-corrected chi connectivity index (χ0v) is 17.0. The lowest BCUT2D eigenvalue weighted by Crippen LogP contribution is -2.24. The van der Waals surface area contributed by atoms with Crippen molar-refractivity contribution in [1.82, 2.24) is 5.16 Å². The van der Waals surface area contributed by atoms with E-state index in [9.17, 15) is 14.7 Å². The molecule has 3 atom stereocenters. The molecule has 3 saturated carbocycles. The van der Waals surface area contributed by atoms with E-state index in [1.54, 1.807) is 0 Å². The highest BCUT2D eigenvalue weighted by molar-refractivity contribution is 5.77. The van der Waals surface area contributed by atoms with Crippen LogP contribution in [-0.2, 0) is 14.3 Å². The first-order valence-corrected chi connectivity index (χ1v) is 10.7. The van der Waals surface area contributed by atoms with Crippen LogP contribution in [-0.4, -0.2) is 29.3 Å². The van der Waals surface area contributed by atoms with E-state index in [1.807, 2.05) is 0 Å². The topological polar surface area (TPSA) is 89.6 Å². The summed E-state index contributed by atoms with van der Waals surface area (Å²) in [4.78, 5) is 23.9. The zero-order chi connectivity index (χ0) is 20.0. The first kappa shape index (κ1) is 19.5. The van der Waals surface area contributed by atoms with E-state index in [-0.39, 0.29) is 17.8 Å². The van der Waals surface area contributed by atoms with Gasteiger partial charge >= 0.3 is 11.9 Å². The van der Waals surface area contributed by atoms with Crippen LogP contribution in [0.25, 0.3) is 0 Å². The largest absolute Gasteiger partial charge is 0.481 e. The van der Waals surface area contributed by atoms with Gasteiger partial charge in [0.25, 0.3) is 0 Å². The second-order valence-corrected chi connectivity index (χ2v) is 9.53. The second kappa shape index (κ2) is 7.53. The van der Waals surface area contributed by atoms with Gasteiger partial charge in [0.05, 0.1) is 24.6 Å². The minimum Gasteiger partial charge on any atom is -0.481 e. The molecule has 3 fully saturated rings. The van der Waals surface area contributed by atoms with Crippen LogP contribution in [0.3, 0.4) is 0 Å². The number of carbonyl (C=O) groups is 2. The van der Waals surface area contributed by atoms with Crippen LogP contribution in [0.4, 0.5) is 0 Å². The van der Waals surface area contributed by atoms with Crippen molar-refractivity contribution in [3.63, 3.8) is 0 Å². The van der Waals surface area contributed by atoms with Gasteiger partial charge in [-0.15, -0.1) is 0 Å². The molecular formula is C22H31NO5. The first-order valence-electron chi connectivity index (χ1n) is 10.7. The standard InChI is InChI=1S/C22H31NO5/c1-11(2)6-12-7-14(8-12)20-18(13-4-5-13)19(23-28-20)16-9-15(22(26)27-3)10-17(16)21(24)25/h11-17H,4-10H2,1-3H3,(H,24,25)/t12?,14?,15?,16-,17?/m0/s1. The fraction of sp³-hybridized carbons (Fsp3) is 0.773. The van der Waals surface area contributed by atoms with Gasteiger partial charge in [0.1, 0.15) is 5.76 Å². The highest BCUT2D eigenvalue weighted by Crippen LogP contribution is 2.54. The maximum absolute atomic E-state index is 12.0. The highest BCUT2D eigenvalue weighted by Gasteiger charge is 2.48. The molecule has 3 aliphatic carbocycles. The van der Waals surface area contributed by atoms with Crippen molar-refractivity contribution >= 4 is 11.9 Å². The van der Waals surface area contributed by atoms with Crippen molar-refractivity contribution < 1.29 is 24.0 Å². The average Bonchev–Trinajstić information content (AvgIpc) is 3.20. The van der Waals surface area contributed by atoms with Crippen molar-refractivity contribution in [2.75, 3.05) is 7.11 Å². The Balaban J connectivity index is 1.57. The molecule has 1 N–H and O–H groups in total. The van der Waals surface area contributed by atoms with Crippen LogP contribution in [0.2, 0.25) is 0 Å². The van der Waals surface area contributed by atoms with Gasteiger partial charge in [0, 0.05) is 17.4 Å². The molecule has 0 aliphatic heterocycles. The van der Waals surface area contributed by atoms with Crippen LogP contribution >= 0.6 is 0 Å². The number of carboxylic acid groups (broad SMARTS) is 1. The monoisotopic (exact) mass is 389 g/mol. The summed E-state index contributed by atoms with van der Waals surface area (Å²) >= 11 is 0. The van der Waals surface area contributed by atoms with Gasteiger partial charge in [0.15, 0.2) is 0 Å². The van der Waals surface area contributed by atoms with Crippen molar-refractivity contribution in [3.05, 3.63) is 17.0 Å². The molecule has 28 heavy (non-hydrogen) atoms. The van der Waals surface area contributed by atoms with Gasteiger partial charge in [-0.3, -0.25) is 9.59 Å². The number of carboxylic acids is 1. The molecule has 4 rings (SSSR count). The lowest BCUT2D eigenvalue weighted by molar-refractivity contribution is -0.145. The third-order valence-corrected chi connectivity index (χ3v) is 6.95. The summed E-state index contributed by atoms with van der Waals surface area (Å²) in [5.74, 6) is 0.927. The Labute approximate surface area is 166 Å². The Morgan fingerprint density at radius 3 is 2.46 bits per heavy atom. The van der Waals surface area contributed by atoms with Crippen LogP contribution in [0.15, 0.2) is 4.52 Å². The molecular weight excluding hydrogens is 358 g/mol. The minimum atomic E-state index is -0.858. The number of esters is 1. The number of hydrogen-bond acceptors (Lipinski definition) is 5. The van der Waals surface area contributed by atoms with E-state index in [2.05, 4.69) is 19.0 Å². The number of aliphatic carboxylic acids is 1. The molecule has 154 valence electrons. The third-order valence-electron chi connectivity index (χ3n) is 6.95. The van der Waals surface area contributed by atoms with E-state index >= 15 is 0 Å². The molecule has 0 bridgehead atoms. The summed E-state index contributed by atoms with van der Waals surface area (Å²) in [6, 6.07) is 0. The van der Waals surface area contributed by atoms with Crippen LogP contribution in [0, 0.1) is 23.7 Å². The molecule has 0 amide bonds. The number of ether oxygens (including phenoxy) is 1. The van der Waals surface area contributed by atoms with E-state index < -0.39 is 11.9 Å². The molecule has 2 unspecified atom stereocenters. The van der Waals surface area contributed by atoms with Crippen molar-refractivity contribution in [1.29, 1.82) is 0 Å². The quantitative estimate of drug-likeness (QED) is 0.693. The average molecular weight is 389 g/mol. The van der Waals surface area contributed by atoms with Crippen molar-refractivity contribution in [2.24, 2.45) is 23.7 Å². The van der Waals surface area contributed by atoms with E-state index in [0.717, 1.165) is 43.1 Å². The van der Waals surface area contributed by atoms with Gasteiger partial charge in [-0.05, 0) is 62.7 Å². The molecule has 0 spiro atoms. The predicted octanol–water partition coefficient (Wildman–Crippen LogP) is 4.46. The molecule has 0 aromatic carbocycles. The van der Waals surface area contributed by atoms with E-state index in [4.69, 9.17) is 9.26 Å². The Hall–Kier alpha value is -1.85. The summed E-state index contributed by atoms with van der Waals surface area (Å²) in [5, 5.41) is 14.2. The number of methoxy groups -OCH3 is 1. The Bertz CT molecular complexity index is 744. The molecule has 0 saturated heterocycles. The maximum Gasteiger partial charge on any atom is 0.308 e. The van der Waals surface area contributed by atoms with Crippen molar-refractivity contribution in [3.8, 4) is 0 Å². The van der Waals surface area contributed by atoms with Crippen LogP contribution in [0.5, 0.6) is 0 Å². The zero-order valence-electron chi connectivity index (χ0n) is 17.0. The summed E-state index contributed by atoms with van der Waals surface area (Å²) in [6.07, 6.45) is 6.58. The van der Waals surface area contributed by atoms with Gasteiger partial charge in [0.2, 0.25) is 0 Å². The Kier molecular flexibility index (Phi) is 5.23. The normalized spacial score (nSPS) is 32.4. The fourth-order valence-corrected chi connectivity index (χ4v) is 5.45. The summed E-state index contributed by atoms with van der Waals surface area (Å²) < 4.78 is 10.7. The molecule has 3 aliphatic rings. The lowest BCUT2D eigenvalue weighted by atomic mass is 9.69. The first-order chi connectivity index (χ1) is 13.4. The molecule has 1 heterocycles. The SMILES string of the molecule is COC(=O)C1CC(C(=O)O)[C@@H](c2noc(C3CC(CC(C)C)C3)c2C2CC2)C1. The third kappa shape index (κ3) is 3.58. The Morgan fingerprint density at radius 1 is 1.18 bits per heavy atom. The molecule has 0 radical (unpaired) electrons. The van der Waals surface area contributed by atoms with Crippen molar-refractivity contribution in [2.45, 2.75) is 76.5 Å². The molecule has 1 aromatic heterocycles. The van der Waals surface area contributed by atoms with Gasteiger partial charge in [-0.25, -0.2) is 0 Å². The number of hydrogen-bond donors (Lipinski definition) is 1. The smallest absolute Gasteiger partial charge is 0.308 e. The summed E-state index contributed by atoms with van der Waals surface area (Å²) in [6.45, 7) is 4.53. The summed E-state index contributed by atoms with van der Waals surface area (Å²) in [5.41, 5.74) is 1.98. The number of nitrogens with zero attached hydrogens (tertiary/aromatic N) is 1. The second-order valence-electron chi connectivity index (χ2n) is 9.53. The van der Waals surface area contributed by atoms with E-state index in [1.165, 1.54) is 19.1 Å². The number of rotatable bonds is 7. The van der Waals surface area contributed by atoms with Crippen LogP contribution < -0.4 is 0 Å². The van der Waals surface area contributed by atoms with Gasteiger partial charge < -0.3 is 14.4 Å². The number of carbonyl (C=O) groups excluding carboxylic acids is 1. The summed E-state index contributed by atoms with van der Waals surface area (Å²) in [7, 11) is 1.36. The highest BCUT2D eigenvalue weighted by atomic mass is 16.5.